The van der Waals surface area contributed by atoms with E-state index in [0.717, 1.165) is 25.7 Å². The van der Waals surface area contributed by atoms with Crippen LogP contribution in [0.25, 0.3) is 0 Å². The van der Waals surface area contributed by atoms with E-state index in [-0.39, 0.29) is 36.8 Å². The summed E-state index contributed by atoms with van der Waals surface area (Å²) in [5.74, 6) is -0.499. The molecule has 3 unspecified atom stereocenters. The highest BCUT2D eigenvalue weighted by molar-refractivity contribution is 5.96. The Morgan fingerprint density at radius 2 is 1.79 bits per heavy atom. The summed E-state index contributed by atoms with van der Waals surface area (Å²) in [6.45, 7) is 0.123. The number of hydrogen-bond acceptors (Lipinski definition) is 4. The van der Waals surface area contributed by atoms with Gasteiger partial charge in [-0.15, -0.1) is 12.4 Å². The van der Waals surface area contributed by atoms with Crippen molar-refractivity contribution < 1.29 is 19.0 Å². The van der Waals surface area contributed by atoms with Crippen LogP contribution in [0.15, 0.2) is 48.5 Å². The van der Waals surface area contributed by atoms with Crippen LogP contribution in [0.4, 0.5) is 10.1 Å². The standard InChI is InChI=1S/C21H25FN2O3.ClH/c22-15-7-5-14(6-8-15)18(13-23)21(26)24-16-9-11-17(12-10-16)27-20-4-2-1-3-19(20)25;/h5-12,18-20,25H,1-4,13,23H2,(H,24,26);1H. The van der Waals surface area contributed by atoms with E-state index in [0.29, 0.717) is 17.0 Å². The molecular formula is C21H26ClFN2O3. The second-order valence-electron chi connectivity index (χ2n) is 6.86. The minimum Gasteiger partial charge on any atom is -0.488 e. The van der Waals surface area contributed by atoms with Gasteiger partial charge in [0.1, 0.15) is 17.7 Å². The molecule has 1 aliphatic carbocycles. The van der Waals surface area contributed by atoms with Gasteiger partial charge in [0.25, 0.3) is 0 Å². The number of aliphatic hydroxyl groups is 1. The van der Waals surface area contributed by atoms with Gasteiger partial charge < -0.3 is 20.9 Å². The van der Waals surface area contributed by atoms with E-state index >= 15 is 0 Å². The zero-order chi connectivity index (χ0) is 19.2. The highest BCUT2D eigenvalue weighted by atomic mass is 35.5. The van der Waals surface area contributed by atoms with Gasteiger partial charge in [-0.3, -0.25) is 4.79 Å². The average molecular weight is 409 g/mol. The molecule has 5 nitrogen and oxygen atoms in total. The molecule has 0 aliphatic heterocycles. The smallest absolute Gasteiger partial charge is 0.233 e. The van der Waals surface area contributed by atoms with Crippen LogP contribution in [0.2, 0.25) is 0 Å². The number of rotatable bonds is 6. The third-order valence-corrected chi connectivity index (χ3v) is 4.90. The average Bonchev–Trinajstić information content (AvgIpc) is 2.67. The molecule has 1 aliphatic rings. The fraction of sp³-hybridized carbons (Fsp3) is 0.381. The number of aliphatic hydroxyl groups excluding tert-OH is 1. The lowest BCUT2D eigenvalue weighted by atomic mass is 9.95. The predicted octanol–water partition coefficient (Wildman–Crippen LogP) is 3.61. The Balaban J connectivity index is 0.00000280. The number of ether oxygens (including phenoxy) is 1. The van der Waals surface area contributed by atoms with Crippen LogP contribution in [-0.2, 0) is 4.79 Å². The number of anilines is 1. The van der Waals surface area contributed by atoms with E-state index < -0.39 is 12.0 Å². The highest BCUT2D eigenvalue weighted by Gasteiger charge is 2.24. The van der Waals surface area contributed by atoms with Crippen molar-refractivity contribution >= 4 is 24.0 Å². The minimum absolute atomic E-state index is 0. The van der Waals surface area contributed by atoms with E-state index in [9.17, 15) is 14.3 Å². The van der Waals surface area contributed by atoms with Gasteiger partial charge >= 0.3 is 0 Å². The summed E-state index contributed by atoms with van der Waals surface area (Å²) in [4.78, 5) is 12.5. The Morgan fingerprint density at radius 3 is 2.39 bits per heavy atom. The monoisotopic (exact) mass is 408 g/mol. The maximum Gasteiger partial charge on any atom is 0.233 e. The Morgan fingerprint density at radius 1 is 1.14 bits per heavy atom. The zero-order valence-corrected chi connectivity index (χ0v) is 16.3. The van der Waals surface area contributed by atoms with Crippen LogP contribution in [0.3, 0.4) is 0 Å². The van der Waals surface area contributed by atoms with Crippen molar-refractivity contribution in [1.82, 2.24) is 0 Å². The molecule has 0 radical (unpaired) electrons. The Hall–Kier alpha value is -2.15. The number of carbonyl (C=O) groups excluding carboxylic acids is 1. The molecule has 152 valence electrons. The summed E-state index contributed by atoms with van der Waals surface area (Å²) in [5.41, 5.74) is 7.03. The summed E-state index contributed by atoms with van der Waals surface area (Å²) in [6.07, 6.45) is 3.08. The maximum atomic E-state index is 13.1. The number of nitrogens with one attached hydrogen (secondary N) is 1. The summed E-state index contributed by atoms with van der Waals surface area (Å²) in [6, 6.07) is 12.8. The third kappa shape index (κ3) is 5.67. The largest absolute Gasteiger partial charge is 0.488 e. The first kappa shape index (κ1) is 22.1. The van der Waals surface area contributed by atoms with Gasteiger partial charge in [-0.1, -0.05) is 18.6 Å². The molecule has 2 aromatic rings. The number of carbonyl (C=O) groups is 1. The molecule has 0 saturated heterocycles. The normalized spacial score (nSPS) is 20.0. The van der Waals surface area contributed by atoms with Crippen molar-refractivity contribution in [3.8, 4) is 5.75 Å². The molecule has 1 fully saturated rings. The zero-order valence-electron chi connectivity index (χ0n) is 15.5. The van der Waals surface area contributed by atoms with Crippen molar-refractivity contribution in [3.05, 3.63) is 59.9 Å². The number of hydrogen-bond donors (Lipinski definition) is 3. The lowest BCUT2D eigenvalue weighted by molar-refractivity contribution is -0.117. The summed E-state index contributed by atoms with van der Waals surface area (Å²) in [7, 11) is 0. The first-order valence-electron chi connectivity index (χ1n) is 9.28. The molecule has 7 heteroatoms. The molecule has 3 atom stereocenters. The number of amides is 1. The van der Waals surface area contributed by atoms with Gasteiger partial charge in [-0.2, -0.15) is 0 Å². The van der Waals surface area contributed by atoms with E-state index in [2.05, 4.69) is 5.32 Å². The summed E-state index contributed by atoms with van der Waals surface area (Å²) < 4.78 is 18.9. The van der Waals surface area contributed by atoms with E-state index in [1.807, 2.05) is 0 Å². The Bertz CT molecular complexity index is 755. The maximum absolute atomic E-state index is 13.1. The first-order valence-corrected chi connectivity index (χ1v) is 9.28. The van der Waals surface area contributed by atoms with Crippen LogP contribution < -0.4 is 15.8 Å². The topological polar surface area (TPSA) is 84.6 Å². The summed E-state index contributed by atoms with van der Waals surface area (Å²) in [5, 5.41) is 12.8. The molecule has 0 heterocycles. The molecule has 1 saturated carbocycles. The second kappa shape index (κ2) is 10.4. The van der Waals surface area contributed by atoms with Crippen molar-refractivity contribution in [1.29, 1.82) is 0 Å². The molecule has 0 spiro atoms. The van der Waals surface area contributed by atoms with Crippen molar-refractivity contribution in [2.45, 2.75) is 43.8 Å². The fourth-order valence-corrected chi connectivity index (χ4v) is 3.33. The summed E-state index contributed by atoms with van der Waals surface area (Å²) >= 11 is 0. The van der Waals surface area contributed by atoms with Crippen LogP contribution in [0.1, 0.15) is 37.2 Å². The van der Waals surface area contributed by atoms with Crippen LogP contribution in [0, 0.1) is 5.82 Å². The predicted molar refractivity (Wildman–Crippen MR) is 109 cm³/mol. The van der Waals surface area contributed by atoms with Gasteiger partial charge in [0.2, 0.25) is 5.91 Å². The lowest BCUT2D eigenvalue weighted by Crippen LogP contribution is -2.34. The van der Waals surface area contributed by atoms with Gasteiger partial charge in [-0.05, 0) is 61.2 Å². The number of benzene rings is 2. The Kier molecular flexibility index (Phi) is 8.23. The van der Waals surface area contributed by atoms with Crippen molar-refractivity contribution in [2.75, 3.05) is 11.9 Å². The molecule has 2 aromatic carbocycles. The second-order valence-corrected chi connectivity index (χ2v) is 6.86. The van der Waals surface area contributed by atoms with Crippen LogP contribution in [-0.4, -0.2) is 29.8 Å². The SMILES string of the molecule is Cl.NCC(C(=O)Nc1ccc(OC2CCCCC2O)cc1)c1ccc(F)cc1. The van der Waals surface area contributed by atoms with Gasteiger partial charge in [0.15, 0.2) is 0 Å². The van der Waals surface area contributed by atoms with Crippen LogP contribution in [0.5, 0.6) is 5.75 Å². The molecule has 1 amide bonds. The molecule has 28 heavy (non-hydrogen) atoms. The van der Waals surface area contributed by atoms with Gasteiger partial charge in [0.05, 0.1) is 12.0 Å². The molecule has 0 aromatic heterocycles. The quantitative estimate of drug-likeness (QED) is 0.681. The van der Waals surface area contributed by atoms with E-state index in [1.165, 1.54) is 12.1 Å². The fourth-order valence-electron chi connectivity index (χ4n) is 3.33. The van der Waals surface area contributed by atoms with Crippen LogP contribution >= 0.6 is 12.4 Å². The minimum atomic E-state index is -0.557. The molecule has 4 N–H and O–H groups in total. The van der Waals surface area contributed by atoms with Gasteiger partial charge in [0, 0.05) is 12.2 Å². The third-order valence-electron chi connectivity index (χ3n) is 4.90. The Labute approximate surface area is 170 Å². The first-order chi connectivity index (χ1) is 13.1. The van der Waals surface area contributed by atoms with Gasteiger partial charge in [-0.25, -0.2) is 4.39 Å². The van der Waals surface area contributed by atoms with E-state index in [4.69, 9.17) is 10.5 Å². The van der Waals surface area contributed by atoms with E-state index in [1.54, 1.807) is 36.4 Å². The van der Waals surface area contributed by atoms with Crippen molar-refractivity contribution in [3.63, 3.8) is 0 Å². The molecule has 3 rings (SSSR count). The number of nitrogens with two attached hydrogens (primary N) is 1. The lowest BCUT2D eigenvalue weighted by Gasteiger charge is -2.28. The number of halogens is 2. The highest BCUT2D eigenvalue weighted by Crippen LogP contribution is 2.25. The molecule has 0 bridgehead atoms. The van der Waals surface area contributed by atoms with Crippen molar-refractivity contribution in [2.24, 2.45) is 5.73 Å². The molecular weight excluding hydrogens is 383 g/mol.